The zero-order valence-electron chi connectivity index (χ0n) is 17.0. The maximum Gasteiger partial charge on any atom is 0.195 e. The summed E-state index contributed by atoms with van der Waals surface area (Å²) < 4.78 is 11.0. The lowest BCUT2D eigenvalue weighted by molar-refractivity contribution is 0.264. The second-order valence-electron chi connectivity index (χ2n) is 6.58. The van der Waals surface area contributed by atoms with Crippen molar-refractivity contribution in [3.63, 3.8) is 0 Å². The first kappa shape index (κ1) is 20.5. The quantitative estimate of drug-likeness (QED) is 0.522. The molecule has 0 saturated carbocycles. The highest BCUT2D eigenvalue weighted by Crippen LogP contribution is 2.30. The van der Waals surface area contributed by atoms with Crippen LogP contribution in [0.5, 0.6) is 11.5 Å². The number of hydrogen-bond acceptors (Lipinski definition) is 5. The van der Waals surface area contributed by atoms with Crippen LogP contribution in [0.1, 0.15) is 24.3 Å². The molecule has 1 aliphatic rings. The Balaban J connectivity index is 1.59. The molecule has 0 spiro atoms. The summed E-state index contributed by atoms with van der Waals surface area (Å²) in [6.45, 7) is 9.29. The normalized spacial score (nSPS) is 14.5. The van der Waals surface area contributed by atoms with Gasteiger partial charge in [0.2, 0.25) is 0 Å². The minimum Gasteiger partial charge on any atom is -0.493 e. The molecule has 1 aliphatic heterocycles. The van der Waals surface area contributed by atoms with E-state index in [4.69, 9.17) is 14.5 Å². The van der Waals surface area contributed by atoms with Gasteiger partial charge in [0.05, 0.1) is 20.3 Å². The minimum absolute atomic E-state index is 0.593. The van der Waals surface area contributed by atoms with Crippen molar-refractivity contribution in [3.05, 3.63) is 40.1 Å². The third kappa shape index (κ3) is 5.39. The first-order valence-electron chi connectivity index (χ1n) is 9.87. The van der Waals surface area contributed by atoms with Crippen LogP contribution in [-0.4, -0.2) is 50.8 Å². The molecule has 6 nitrogen and oxygen atoms in total. The molecule has 7 heteroatoms. The standard InChI is InChI=1S/C21H30N4O2S/c1-4-22-21(24-17-6-7-18(26-3)19(14-17)27-5-2)23-10-12-25-11-8-20-16(15-25)9-13-28-20/h6-7,9,13-14H,4-5,8,10-12,15H2,1-3H3,(H2,22,23,24). The molecular weight excluding hydrogens is 372 g/mol. The predicted molar refractivity (Wildman–Crippen MR) is 117 cm³/mol. The number of aliphatic imine (C=N–C) groups is 1. The average Bonchev–Trinajstić information content (AvgIpc) is 3.16. The molecule has 0 bridgehead atoms. The van der Waals surface area contributed by atoms with Crippen molar-refractivity contribution in [2.45, 2.75) is 26.8 Å². The van der Waals surface area contributed by atoms with E-state index < -0.39 is 0 Å². The monoisotopic (exact) mass is 402 g/mol. The van der Waals surface area contributed by atoms with Crippen molar-refractivity contribution >= 4 is 23.0 Å². The van der Waals surface area contributed by atoms with Gasteiger partial charge in [0.1, 0.15) is 0 Å². The van der Waals surface area contributed by atoms with Crippen LogP contribution >= 0.6 is 11.3 Å². The van der Waals surface area contributed by atoms with Crippen molar-refractivity contribution in [1.82, 2.24) is 10.2 Å². The smallest absolute Gasteiger partial charge is 0.195 e. The molecule has 0 aliphatic carbocycles. The molecule has 1 aromatic carbocycles. The van der Waals surface area contributed by atoms with Gasteiger partial charge in [-0.2, -0.15) is 0 Å². The summed E-state index contributed by atoms with van der Waals surface area (Å²) in [4.78, 5) is 8.76. The fourth-order valence-electron chi connectivity index (χ4n) is 3.27. The van der Waals surface area contributed by atoms with Crippen molar-refractivity contribution in [2.24, 2.45) is 4.99 Å². The number of ether oxygens (including phenoxy) is 2. The number of nitrogens with zero attached hydrogens (tertiary/aromatic N) is 2. The second kappa shape index (κ2) is 10.3. The van der Waals surface area contributed by atoms with Gasteiger partial charge in [-0.25, -0.2) is 0 Å². The molecule has 2 heterocycles. The van der Waals surface area contributed by atoms with E-state index in [2.05, 4.69) is 33.9 Å². The number of benzene rings is 1. The molecule has 0 saturated heterocycles. The van der Waals surface area contributed by atoms with E-state index in [0.29, 0.717) is 6.61 Å². The fraction of sp³-hybridized carbons (Fsp3) is 0.476. The van der Waals surface area contributed by atoms with Crippen molar-refractivity contribution in [2.75, 3.05) is 45.2 Å². The van der Waals surface area contributed by atoms with Crippen molar-refractivity contribution < 1.29 is 9.47 Å². The van der Waals surface area contributed by atoms with Crippen LogP contribution in [0.2, 0.25) is 0 Å². The summed E-state index contributed by atoms with van der Waals surface area (Å²) in [7, 11) is 1.65. The highest BCUT2D eigenvalue weighted by molar-refractivity contribution is 7.10. The molecule has 0 fully saturated rings. The summed E-state index contributed by atoms with van der Waals surface area (Å²) in [5.74, 6) is 2.24. The van der Waals surface area contributed by atoms with Crippen LogP contribution in [-0.2, 0) is 13.0 Å². The highest BCUT2D eigenvalue weighted by atomic mass is 32.1. The SMILES string of the molecule is CCNC(=NCCN1CCc2sccc2C1)Nc1ccc(OC)c(OCC)c1. The van der Waals surface area contributed by atoms with Gasteiger partial charge >= 0.3 is 0 Å². The largest absolute Gasteiger partial charge is 0.493 e. The van der Waals surface area contributed by atoms with Crippen LogP contribution in [0.4, 0.5) is 5.69 Å². The van der Waals surface area contributed by atoms with Crippen molar-refractivity contribution in [1.29, 1.82) is 0 Å². The van der Waals surface area contributed by atoms with Gasteiger partial charge in [0, 0.05) is 42.8 Å². The number of guanidine groups is 1. The van der Waals surface area contributed by atoms with Gasteiger partial charge < -0.3 is 20.1 Å². The van der Waals surface area contributed by atoms with Gasteiger partial charge in [-0.1, -0.05) is 0 Å². The molecular formula is C21H30N4O2S. The Kier molecular flexibility index (Phi) is 7.56. The lowest BCUT2D eigenvalue weighted by Gasteiger charge is -2.26. The number of fused-ring (bicyclic) bond motifs is 1. The molecule has 0 atom stereocenters. The zero-order chi connectivity index (χ0) is 19.8. The molecule has 0 amide bonds. The van der Waals surface area contributed by atoms with E-state index in [1.807, 2.05) is 36.5 Å². The molecule has 3 rings (SSSR count). The Labute approximate surface area is 171 Å². The maximum atomic E-state index is 5.66. The predicted octanol–water partition coefficient (Wildman–Crippen LogP) is 3.59. The van der Waals surface area contributed by atoms with Gasteiger partial charge in [-0.15, -0.1) is 11.3 Å². The first-order valence-corrected chi connectivity index (χ1v) is 10.7. The summed E-state index contributed by atoms with van der Waals surface area (Å²) in [6.07, 6.45) is 1.15. The van der Waals surface area contributed by atoms with Crippen LogP contribution in [0.15, 0.2) is 34.6 Å². The van der Waals surface area contributed by atoms with Crippen LogP contribution in [0, 0.1) is 0 Å². The third-order valence-corrected chi connectivity index (χ3v) is 5.67. The summed E-state index contributed by atoms with van der Waals surface area (Å²) >= 11 is 1.88. The average molecular weight is 403 g/mol. The van der Waals surface area contributed by atoms with E-state index in [9.17, 15) is 0 Å². The number of rotatable bonds is 8. The minimum atomic E-state index is 0.593. The Hall–Kier alpha value is -2.25. The van der Waals surface area contributed by atoms with Crippen LogP contribution in [0.25, 0.3) is 0 Å². The van der Waals surface area contributed by atoms with Gasteiger partial charge in [0.15, 0.2) is 17.5 Å². The Morgan fingerprint density at radius 1 is 1.25 bits per heavy atom. The molecule has 2 N–H and O–H groups in total. The van der Waals surface area contributed by atoms with E-state index in [1.165, 1.54) is 5.56 Å². The number of methoxy groups -OCH3 is 1. The number of hydrogen-bond donors (Lipinski definition) is 2. The highest BCUT2D eigenvalue weighted by Gasteiger charge is 2.16. The van der Waals surface area contributed by atoms with Crippen LogP contribution < -0.4 is 20.1 Å². The molecule has 28 heavy (non-hydrogen) atoms. The first-order chi connectivity index (χ1) is 13.7. The number of thiophene rings is 1. The summed E-state index contributed by atoms with van der Waals surface area (Å²) in [6, 6.07) is 8.07. The van der Waals surface area contributed by atoms with Crippen molar-refractivity contribution in [3.8, 4) is 11.5 Å². The lowest BCUT2D eigenvalue weighted by atomic mass is 10.1. The van der Waals surface area contributed by atoms with Gasteiger partial charge in [-0.05, 0) is 49.4 Å². The Bertz CT molecular complexity index is 790. The molecule has 1 aromatic heterocycles. The second-order valence-corrected chi connectivity index (χ2v) is 7.58. The Morgan fingerprint density at radius 3 is 2.93 bits per heavy atom. The van der Waals surface area contributed by atoms with Crippen LogP contribution in [0.3, 0.4) is 0 Å². The molecule has 0 unspecified atom stereocenters. The van der Waals surface area contributed by atoms with E-state index >= 15 is 0 Å². The zero-order valence-corrected chi connectivity index (χ0v) is 17.8. The summed E-state index contributed by atoms with van der Waals surface area (Å²) in [5, 5.41) is 8.88. The van der Waals surface area contributed by atoms with Gasteiger partial charge in [0.25, 0.3) is 0 Å². The fourth-order valence-corrected chi connectivity index (χ4v) is 4.16. The third-order valence-electron chi connectivity index (χ3n) is 4.64. The lowest BCUT2D eigenvalue weighted by Crippen LogP contribution is -2.34. The van der Waals surface area contributed by atoms with Gasteiger partial charge in [-0.3, -0.25) is 9.89 Å². The van der Waals surface area contributed by atoms with E-state index in [0.717, 1.165) is 62.3 Å². The molecule has 152 valence electrons. The molecule has 0 radical (unpaired) electrons. The van der Waals surface area contributed by atoms with E-state index in [-0.39, 0.29) is 0 Å². The van der Waals surface area contributed by atoms with E-state index in [1.54, 1.807) is 12.0 Å². The molecule has 2 aromatic rings. The maximum absolute atomic E-state index is 5.66. The topological polar surface area (TPSA) is 58.1 Å². The number of anilines is 1. The summed E-state index contributed by atoms with van der Waals surface area (Å²) in [5.41, 5.74) is 2.40. The number of nitrogens with one attached hydrogen (secondary N) is 2. The Morgan fingerprint density at radius 2 is 2.14 bits per heavy atom.